The lowest BCUT2D eigenvalue weighted by Gasteiger charge is -2.60. The molecule has 2 N–H and O–H groups in total. The van der Waals surface area contributed by atoms with E-state index < -0.39 is 35.0 Å². The number of hydrogen-bond acceptors (Lipinski definition) is 5. The zero-order chi connectivity index (χ0) is 21.7. The summed E-state index contributed by atoms with van der Waals surface area (Å²) in [4.78, 5) is 24.1. The molecule has 4 aliphatic carbocycles. The Labute approximate surface area is 177 Å². The molecule has 30 heavy (non-hydrogen) atoms. The number of carboxylic acids is 1. The Morgan fingerprint density at radius 2 is 1.93 bits per heavy atom. The second-order valence-corrected chi connectivity index (χ2v) is 11.0. The van der Waals surface area contributed by atoms with Crippen LogP contribution >= 0.6 is 0 Å². The molecule has 8 atom stereocenters. The highest BCUT2D eigenvalue weighted by Gasteiger charge is 2.73. The lowest BCUT2D eigenvalue weighted by atomic mass is 9.46. The molecule has 3 saturated carbocycles. The molecule has 1 heterocycles. The molecular weight excluding hydrogens is 384 g/mol. The number of ketones is 1. The normalized spacial score (nSPS) is 51.3. The van der Waals surface area contributed by atoms with Crippen LogP contribution in [0, 0.1) is 28.6 Å². The van der Waals surface area contributed by atoms with E-state index in [0.29, 0.717) is 12.8 Å². The molecule has 0 aromatic heterocycles. The summed E-state index contributed by atoms with van der Waals surface area (Å²) in [6, 6.07) is 0. The third kappa shape index (κ3) is 2.41. The minimum absolute atomic E-state index is 0.0219. The number of carbonyl (C=O) groups excluding carboxylic acids is 1. The minimum Gasteiger partial charge on any atom is -0.479 e. The average molecular weight is 417 g/mol. The molecule has 1 saturated heterocycles. The maximum absolute atomic E-state index is 12.2. The Bertz CT molecular complexity index is 873. The van der Waals surface area contributed by atoms with Gasteiger partial charge >= 0.3 is 5.97 Å². The fraction of sp³-hybridized carbons (Fsp3) is 0.750. The fourth-order valence-corrected chi connectivity index (χ4v) is 8.09. The summed E-state index contributed by atoms with van der Waals surface area (Å²) in [5, 5.41) is 21.5. The van der Waals surface area contributed by atoms with Gasteiger partial charge in [0, 0.05) is 16.7 Å². The summed E-state index contributed by atoms with van der Waals surface area (Å²) in [5.74, 6) is -1.42. The van der Waals surface area contributed by atoms with Gasteiger partial charge in [0.15, 0.2) is 17.7 Å². The van der Waals surface area contributed by atoms with Gasteiger partial charge < -0.3 is 19.7 Å². The predicted molar refractivity (Wildman–Crippen MR) is 108 cm³/mol. The third-order valence-electron chi connectivity index (χ3n) is 9.16. The van der Waals surface area contributed by atoms with E-state index in [4.69, 9.17) is 9.47 Å². The van der Waals surface area contributed by atoms with Crippen molar-refractivity contribution >= 4 is 11.8 Å². The number of carbonyl (C=O) groups is 2. The van der Waals surface area contributed by atoms with Gasteiger partial charge in [0.25, 0.3) is 0 Å². The first-order valence-corrected chi connectivity index (χ1v) is 11.2. The van der Waals surface area contributed by atoms with Crippen molar-refractivity contribution in [2.45, 2.75) is 83.4 Å². The van der Waals surface area contributed by atoms with Crippen LogP contribution in [0.25, 0.3) is 0 Å². The van der Waals surface area contributed by atoms with E-state index in [1.165, 1.54) is 0 Å². The standard InChI is InChI=1S/C24H32O6/c1-21(2)29-19(20(27)28)24(30-21)10-8-16-15-6-5-13-11-14(25)7-9-22(13,3)18(15)17(26)12-23(16,24)4/h7,9,11,15-19,26H,5-6,8,10,12H2,1-4H3,(H,27,28)/t15?,16?,17?,18?,19-,22?,23?,24-/m0/s1. The third-order valence-corrected chi connectivity index (χ3v) is 9.16. The molecule has 6 nitrogen and oxygen atoms in total. The Morgan fingerprint density at radius 3 is 2.63 bits per heavy atom. The maximum atomic E-state index is 12.2. The van der Waals surface area contributed by atoms with Crippen LogP contribution in [0.15, 0.2) is 23.8 Å². The van der Waals surface area contributed by atoms with Crippen molar-refractivity contribution in [3.8, 4) is 0 Å². The van der Waals surface area contributed by atoms with Crippen LogP contribution in [-0.2, 0) is 19.1 Å². The first-order chi connectivity index (χ1) is 13.9. The molecule has 0 radical (unpaired) electrons. The molecule has 0 amide bonds. The van der Waals surface area contributed by atoms with Crippen molar-refractivity contribution in [1.29, 1.82) is 0 Å². The lowest BCUT2D eigenvalue weighted by molar-refractivity contribution is -0.210. The Morgan fingerprint density at radius 1 is 1.20 bits per heavy atom. The van der Waals surface area contributed by atoms with E-state index in [0.717, 1.165) is 24.8 Å². The number of aliphatic hydroxyl groups excluding tert-OH is 1. The zero-order valence-electron chi connectivity index (χ0n) is 18.2. The van der Waals surface area contributed by atoms with Crippen LogP contribution in [0.2, 0.25) is 0 Å². The van der Waals surface area contributed by atoms with Gasteiger partial charge in [-0.1, -0.05) is 25.5 Å². The summed E-state index contributed by atoms with van der Waals surface area (Å²) < 4.78 is 12.3. The molecule has 5 rings (SSSR count). The van der Waals surface area contributed by atoms with Crippen molar-refractivity contribution < 1.29 is 29.3 Å². The average Bonchev–Trinajstić information content (AvgIpc) is 3.09. The lowest BCUT2D eigenvalue weighted by Crippen LogP contribution is -2.62. The van der Waals surface area contributed by atoms with E-state index >= 15 is 0 Å². The van der Waals surface area contributed by atoms with E-state index in [2.05, 4.69) is 13.8 Å². The quantitative estimate of drug-likeness (QED) is 0.682. The number of fused-ring (bicyclic) bond motifs is 6. The number of aliphatic carboxylic acids is 1. The topological polar surface area (TPSA) is 93.1 Å². The van der Waals surface area contributed by atoms with Crippen molar-refractivity contribution in [3.63, 3.8) is 0 Å². The molecule has 0 bridgehead atoms. The molecule has 5 aliphatic rings. The number of hydrogen-bond donors (Lipinski definition) is 2. The van der Waals surface area contributed by atoms with E-state index in [9.17, 15) is 19.8 Å². The van der Waals surface area contributed by atoms with Crippen molar-refractivity contribution in [2.24, 2.45) is 28.6 Å². The predicted octanol–water partition coefficient (Wildman–Crippen LogP) is 3.24. The molecule has 0 aromatic carbocycles. The van der Waals surface area contributed by atoms with E-state index in [1.807, 2.05) is 6.08 Å². The zero-order valence-corrected chi connectivity index (χ0v) is 18.2. The van der Waals surface area contributed by atoms with Gasteiger partial charge in [-0.15, -0.1) is 0 Å². The highest BCUT2D eigenvalue weighted by Crippen LogP contribution is 2.70. The molecule has 1 spiro atoms. The van der Waals surface area contributed by atoms with Crippen molar-refractivity contribution in [2.75, 3.05) is 0 Å². The highest BCUT2D eigenvalue weighted by atomic mass is 16.8. The number of ether oxygens (including phenoxy) is 2. The number of aliphatic hydroxyl groups is 1. The molecular formula is C24H32O6. The SMILES string of the molecule is CC1(C)O[C@@H](C(=O)O)[C@]2(CCC3C4CCC5=CC(=O)C=CC5(C)C4C(O)CC32C)O1. The van der Waals surface area contributed by atoms with Gasteiger partial charge in [0.1, 0.15) is 5.60 Å². The molecule has 6 unspecified atom stereocenters. The molecule has 6 heteroatoms. The minimum atomic E-state index is -1.03. The van der Waals surface area contributed by atoms with Crippen LogP contribution in [-0.4, -0.2) is 45.6 Å². The van der Waals surface area contributed by atoms with Crippen LogP contribution in [0.3, 0.4) is 0 Å². The molecule has 4 fully saturated rings. The number of carboxylic acid groups (broad SMARTS) is 1. The fourth-order valence-electron chi connectivity index (χ4n) is 8.09. The van der Waals surface area contributed by atoms with Gasteiger partial charge in [0.05, 0.1) is 6.10 Å². The Balaban J connectivity index is 1.57. The van der Waals surface area contributed by atoms with Gasteiger partial charge in [-0.2, -0.15) is 0 Å². The van der Waals surface area contributed by atoms with Crippen LogP contribution in [0.4, 0.5) is 0 Å². The van der Waals surface area contributed by atoms with E-state index in [1.54, 1.807) is 26.0 Å². The smallest absolute Gasteiger partial charge is 0.336 e. The largest absolute Gasteiger partial charge is 0.479 e. The number of allylic oxidation sites excluding steroid dienone is 4. The first kappa shape index (κ1) is 20.4. The second kappa shape index (κ2) is 6.05. The Kier molecular flexibility index (Phi) is 4.11. The summed E-state index contributed by atoms with van der Waals surface area (Å²) in [6.45, 7) is 7.81. The van der Waals surface area contributed by atoms with Gasteiger partial charge in [0.2, 0.25) is 0 Å². The van der Waals surface area contributed by atoms with Crippen molar-refractivity contribution in [1.82, 2.24) is 0 Å². The maximum Gasteiger partial charge on any atom is 0.336 e. The summed E-state index contributed by atoms with van der Waals surface area (Å²) in [6.07, 6.45) is 7.47. The second-order valence-electron chi connectivity index (χ2n) is 11.0. The van der Waals surface area contributed by atoms with Crippen LogP contribution in [0.5, 0.6) is 0 Å². The van der Waals surface area contributed by atoms with Gasteiger partial charge in [-0.05, 0) is 69.9 Å². The highest BCUT2D eigenvalue weighted by molar-refractivity contribution is 6.01. The molecule has 1 aliphatic heterocycles. The Hall–Kier alpha value is -1.50. The van der Waals surface area contributed by atoms with Gasteiger partial charge in [-0.25, -0.2) is 4.79 Å². The monoisotopic (exact) mass is 416 g/mol. The van der Waals surface area contributed by atoms with Crippen molar-refractivity contribution in [3.05, 3.63) is 23.8 Å². The number of rotatable bonds is 1. The van der Waals surface area contributed by atoms with E-state index in [-0.39, 0.29) is 29.0 Å². The first-order valence-electron chi connectivity index (χ1n) is 11.2. The van der Waals surface area contributed by atoms with Crippen LogP contribution in [0.1, 0.15) is 59.8 Å². The summed E-state index contributed by atoms with van der Waals surface area (Å²) in [7, 11) is 0. The van der Waals surface area contributed by atoms with Crippen LogP contribution < -0.4 is 0 Å². The summed E-state index contributed by atoms with van der Waals surface area (Å²) in [5.41, 5.74) is -0.632. The van der Waals surface area contributed by atoms with Gasteiger partial charge in [-0.3, -0.25) is 4.79 Å². The summed E-state index contributed by atoms with van der Waals surface area (Å²) >= 11 is 0. The molecule has 0 aromatic rings. The molecule has 164 valence electrons.